The lowest BCUT2D eigenvalue weighted by Crippen LogP contribution is -2.41. The summed E-state index contributed by atoms with van der Waals surface area (Å²) in [6.07, 6.45) is 4.62. The highest BCUT2D eigenvalue weighted by Crippen LogP contribution is 2.23. The highest BCUT2D eigenvalue weighted by Gasteiger charge is 2.27. The highest BCUT2D eigenvalue weighted by atomic mass is 35.5. The van der Waals surface area contributed by atoms with Crippen molar-refractivity contribution in [3.63, 3.8) is 0 Å². The van der Waals surface area contributed by atoms with Crippen LogP contribution in [0.4, 0.5) is 0 Å². The first-order chi connectivity index (χ1) is 13.2. The molecule has 0 bridgehead atoms. The van der Waals surface area contributed by atoms with Crippen molar-refractivity contribution < 1.29 is 5.11 Å². The van der Waals surface area contributed by atoms with Gasteiger partial charge < -0.3 is 20.2 Å². The molecule has 2 N–H and O–H groups in total. The number of aliphatic imine (C=N–C) groups is 1. The van der Waals surface area contributed by atoms with Gasteiger partial charge in [-0.3, -0.25) is 4.99 Å². The molecular weight excluding hydrogens is 360 g/mol. The van der Waals surface area contributed by atoms with E-state index in [-0.39, 0.29) is 0 Å². The summed E-state index contributed by atoms with van der Waals surface area (Å²) in [7, 11) is 0. The average Bonchev–Trinajstić information content (AvgIpc) is 3.14. The van der Waals surface area contributed by atoms with Crippen LogP contribution in [0.5, 0.6) is 0 Å². The van der Waals surface area contributed by atoms with Gasteiger partial charge in [-0.25, -0.2) is 0 Å². The van der Waals surface area contributed by atoms with Crippen LogP contribution in [0.25, 0.3) is 0 Å². The fourth-order valence-corrected chi connectivity index (χ4v) is 4.39. The number of rotatable bonds is 6. The number of guanidine groups is 1. The molecule has 2 fully saturated rings. The van der Waals surface area contributed by atoms with Crippen molar-refractivity contribution in [2.75, 3.05) is 45.8 Å². The Balaban J connectivity index is 1.56. The van der Waals surface area contributed by atoms with Crippen LogP contribution in [0.3, 0.4) is 0 Å². The van der Waals surface area contributed by atoms with Gasteiger partial charge in [0.1, 0.15) is 6.10 Å². The van der Waals surface area contributed by atoms with Crippen molar-refractivity contribution in [2.45, 2.75) is 38.7 Å². The molecule has 150 valence electrons. The van der Waals surface area contributed by atoms with E-state index in [1.807, 2.05) is 18.2 Å². The number of piperidine rings is 1. The number of aliphatic hydroxyl groups is 1. The first-order valence-corrected chi connectivity index (χ1v) is 10.7. The molecule has 27 heavy (non-hydrogen) atoms. The first kappa shape index (κ1) is 20.4. The third-order valence-corrected chi connectivity index (χ3v) is 5.91. The number of aliphatic hydroxyl groups excluding tert-OH is 1. The maximum atomic E-state index is 10.5. The van der Waals surface area contributed by atoms with E-state index in [9.17, 15) is 5.11 Å². The zero-order valence-electron chi connectivity index (χ0n) is 16.4. The van der Waals surface area contributed by atoms with Gasteiger partial charge >= 0.3 is 0 Å². The van der Waals surface area contributed by atoms with Crippen LogP contribution in [-0.4, -0.2) is 66.7 Å². The standard InChI is InChI=1S/C21H33ClN4O/c1-2-23-21(24-14-20(27)18-8-4-5-9-19(18)22)26-13-10-17(16-26)15-25-11-6-3-7-12-25/h4-5,8-9,17,20,27H,2-3,6-7,10-16H2,1H3,(H,23,24). The zero-order chi connectivity index (χ0) is 19.1. The Kier molecular flexibility index (Phi) is 7.80. The van der Waals surface area contributed by atoms with E-state index in [4.69, 9.17) is 16.6 Å². The maximum Gasteiger partial charge on any atom is 0.194 e. The van der Waals surface area contributed by atoms with Gasteiger partial charge in [0.2, 0.25) is 0 Å². The molecule has 2 unspecified atom stereocenters. The van der Waals surface area contributed by atoms with Crippen LogP contribution in [0.15, 0.2) is 29.3 Å². The minimum atomic E-state index is -0.681. The molecule has 1 aromatic carbocycles. The van der Waals surface area contributed by atoms with Crippen LogP contribution in [0, 0.1) is 5.92 Å². The Labute approximate surface area is 168 Å². The van der Waals surface area contributed by atoms with E-state index in [1.54, 1.807) is 6.07 Å². The normalized spacial score (nSPS) is 22.9. The quantitative estimate of drug-likeness (QED) is 0.576. The van der Waals surface area contributed by atoms with Crippen LogP contribution >= 0.6 is 11.6 Å². The summed E-state index contributed by atoms with van der Waals surface area (Å²) >= 11 is 6.20. The average molecular weight is 393 g/mol. The molecule has 2 aliphatic rings. The Morgan fingerprint density at radius 3 is 2.78 bits per heavy atom. The van der Waals surface area contributed by atoms with Crippen molar-refractivity contribution in [3.8, 4) is 0 Å². The second kappa shape index (κ2) is 10.3. The van der Waals surface area contributed by atoms with E-state index < -0.39 is 6.10 Å². The lowest BCUT2D eigenvalue weighted by atomic mass is 10.1. The first-order valence-electron chi connectivity index (χ1n) is 10.4. The maximum absolute atomic E-state index is 10.5. The fourth-order valence-electron chi connectivity index (χ4n) is 4.12. The predicted molar refractivity (Wildman–Crippen MR) is 112 cm³/mol. The van der Waals surface area contributed by atoms with Gasteiger partial charge in [0, 0.05) is 36.8 Å². The van der Waals surface area contributed by atoms with E-state index in [0.717, 1.165) is 31.2 Å². The molecule has 0 aromatic heterocycles. The van der Waals surface area contributed by atoms with Crippen molar-refractivity contribution in [2.24, 2.45) is 10.9 Å². The van der Waals surface area contributed by atoms with Crippen molar-refractivity contribution in [1.82, 2.24) is 15.1 Å². The van der Waals surface area contributed by atoms with E-state index in [1.165, 1.54) is 45.3 Å². The third-order valence-electron chi connectivity index (χ3n) is 5.56. The Hall–Kier alpha value is -1.30. The monoisotopic (exact) mass is 392 g/mol. The molecule has 0 aliphatic carbocycles. The Morgan fingerprint density at radius 1 is 1.26 bits per heavy atom. The molecule has 0 spiro atoms. The molecule has 0 saturated carbocycles. The number of hydrogen-bond donors (Lipinski definition) is 2. The van der Waals surface area contributed by atoms with Gasteiger partial charge in [-0.05, 0) is 51.3 Å². The van der Waals surface area contributed by atoms with Crippen molar-refractivity contribution >= 4 is 17.6 Å². The molecular formula is C21H33ClN4O. The lowest BCUT2D eigenvalue weighted by Gasteiger charge is -2.29. The van der Waals surface area contributed by atoms with Crippen molar-refractivity contribution in [3.05, 3.63) is 34.9 Å². The van der Waals surface area contributed by atoms with Gasteiger partial charge in [-0.2, -0.15) is 0 Å². The molecule has 6 heteroatoms. The molecule has 2 saturated heterocycles. The molecule has 3 rings (SSSR count). The minimum Gasteiger partial charge on any atom is -0.386 e. The number of halogens is 1. The highest BCUT2D eigenvalue weighted by molar-refractivity contribution is 6.31. The lowest BCUT2D eigenvalue weighted by molar-refractivity contribution is 0.186. The summed E-state index contributed by atoms with van der Waals surface area (Å²) in [6.45, 7) is 9.04. The number of likely N-dealkylation sites (tertiary alicyclic amines) is 2. The second-order valence-corrected chi connectivity index (χ2v) is 8.10. The number of benzene rings is 1. The fraction of sp³-hybridized carbons (Fsp3) is 0.667. The summed E-state index contributed by atoms with van der Waals surface area (Å²) in [5.41, 5.74) is 0.739. The Bertz CT molecular complexity index is 618. The van der Waals surface area contributed by atoms with E-state index in [0.29, 0.717) is 17.5 Å². The molecule has 2 aliphatic heterocycles. The van der Waals surface area contributed by atoms with Crippen LogP contribution in [0.2, 0.25) is 5.02 Å². The summed E-state index contributed by atoms with van der Waals surface area (Å²) in [5.74, 6) is 1.62. The third kappa shape index (κ3) is 5.84. The molecule has 2 atom stereocenters. The molecule has 2 heterocycles. The zero-order valence-corrected chi connectivity index (χ0v) is 17.2. The molecule has 1 aromatic rings. The van der Waals surface area contributed by atoms with Crippen LogP contribution in [0.1, 0.15) is 44.3 Å². The summed E-state index contributed by atoms with van der Waals surface area (Å²) in [4.78, 5) is 9.68. The van der Waals surface area contributed by atoms with Gasteiger partial charge in [0.05, 0.1) is 6.54 Å². The topological polar surface area (TPSA) is 51.1 Å². The van der Waals surface area contributed by atoms with Gasteiger partial charge in [0.15, 0.2) is 5.96 Å². The van der Waals surface area contributed by atoms with E-state index >= 15 is 0 Å². The summed E-state index contributed by atoms with van der Waals surface area (Å²) < 4.78 is 0. The smallest absolute Gasteiger partial charge is 0.194 e. The number of hydrogen-bond acceptors (Lipinski definition) is 3. The van der Waals surface area contributed by atoms with Crippen LogP contribution in [-0.2, 0) is 0 Å². The largest absolute Gasteiger partial charge is 0.386 e. The molecule has 5 nitrogen and oxygen atoms in total. The van der Waals surface area contributed by atoms with Crippen LogP contribution < -0.4 is 5.32 Å². The second-order valence-electron chi connectivity index (χ2n) is 7.69. The van der Waals surface area contributed by atoms with Gasteiger partial charge in [-0.15, -0.1) is 0 Å². The van der Waals surface area contributed by atoms with Crippen molar-refractivity contribution in [1.29, 1.82) is 0 Å². The minimum absolute atomic E-state index is 0.319. The molecule has 0 amide bonds. The predicted octanol–water partition coefficient (Wildman–Crippen LogP) is 3.15. The van der Waals surface area contributed by atoms with Gasteiger partial charge in [-0.1, -0.05) is 36.2 Å². The molecule has 0 radical (unpaired) electrons. The number of nitrogens with zero attached hydrogens (tertiary/aromatic N) is 3. The SMILES string of the molecule is CCNC(=NCC(O)c1ccccc1Cl)N1CCC(CN2CCCCC2)C1. The summed E-state index contributed by atoms with van der Waals surface area (Å²) in [5, 5.41) is 14.5. The van der Waals surface area contributed by atoms with Gasteiger partial charge in [0.25, 0.3) is 0 Å². The summed E-state index contributed by atoms with van der Waals surface area (Å²) in [6, 6.07) is 7.43. The number of nitrogens with one attached hydrogen (secondary N) is 1. The Morgan fingerprint density at radius 2 is 2.04 bits per heavy atom. The van der Waals surface area contributed by atoms with E-state index in [2.05, 4.69) is 22.0 Å².